The summed E-state index contributed by atoms with van der Waals surface area (Å²) in [6.45, 7) is 3.44. The second kappa shape index (κ2) is 2.99. The second-order valence-electron chi connectivity index (χ2n) is 1.53. The minimum Gasteiger partial charge on any atom is -0.343 e. The van der Waals surface area contributed by atoms with Crippen molar-refractivity contribution in [2.45, 2.75) is 19.8 Å². The molecule has 0 aromatic carbocycles. The number of nitrogens with one attached hydrogen (secondary N) is 1. The van der Waals surface area contributed by atoms with Crippen molar-refractivity contribution in [1.29, 1.82) is 0 Å². The first-order chi connectivity index (χ1) is 3.56. The zero-order valence-electron chi connectivity index (χ0n) is 5.01. The highest BCUT2D eigenvalue weighted by Crippen LogP contribution is 1.93. The molecule has 0 spiro atoms. The highest BCUT2D eigenvalue weighted by atomic mass is 16.8. The van der Waals surface area contributed by atoms with Crippen LogP contribution in [0.4, 0.5) is 0 Å². The summed E-state index contributed by atoms with van der Waals surface area (Å²) in [6, 6.07) is 0. The molecule has 0 atom stereocenters. The molecule has 0 aliphatic heterocycles. The first kappa shape index (κ1) is 7.84. The Kier molecular flexibility index (Phi) is 2.93. The van der Waals surface area contributed by atoms with E-state index in [2.05, 4.69) is 10.3 Å². The molecule has 0 heterocycles. The van der Waals surface area contributed by atoms with E-state index in [1.807, 2.05) is 0 Å². The smallest absolute Gasteiger partial charge is 0.291 e. The molecule has 3 N–H and O–H groups in total. The molecule has 0 fully saturated rings. The average Bonchev–Trinajstić information content (AvgIpc) is 1.59. The predicted molar refractivity (Wildman–Crippen MR) is 27.6 cm³/mol. The van der Waals surface area contributed by atoms with E-state index in [1.54, 1.807) is 6.92 Å². The van der Waals surface area contributed by atoms with Crippen LogP contribution in [0.1, 0.15) is 13.8 Å². The zero-order chi connectivity index (χ0) is 6.62. The fraction of sp³-hybridized carbons (Fsp3) is 1.00. The van der Waals surface area contributed by atoms with Gasteiger partial charge in [-0.1, -0.05) is 6.92 Å². The third-order valence-electron chi connectivity index (χ3n) is 0.410. The van der Waals surface area contributed by atoms with Crippen molar-refractivity contribution in [3.05, 3.63) is 0 Å². The Morgan fingerprint density at radius 1 is 1.62 bits per heavy atom. The largest absolute Gasteiger partial charge is 0.343 e. The lowest BCUT2D eigenvalue weighted by molar-refractivity contribution is -0.349. The molecule has 0 unspecified atom stereocenters. The number of rotatable bonds is 3. The molecule has 4 heteroatoms. The van der Waals surface area contributed by atoms with Gasteiger partial charge in [-0.2, -0.15) is 5.48 Å². The summed E-state index contributed by atoms with van der Waals surface area (Å²) in [4.78, 5) is 4.24. The van der Waals surface area contributed by atoms with Crippen molar-refractivity contribution >= 4 is 0 Å². The minimum atomic E-state index is -2.06. The molecular formula is C4H11NO3. The first-order valence-electron chi connectivity index (χ1n) is 2.42. The number of aliphatic hydroxyl groups is 2. The van der Waals surface area contributed by atoms with E-state index in [4.69, 9.17) is 10.2 Å². The van der Waals surface area contributed by atoms with Crippen LogP contribution in [0.25, 0.3) is 0 Å². The normalized spacial score (nSPS) is 12.0. The Balaban J connectivity index is 3.11. The molecule has 0 saturated carbocycles. The third-order valence-corrected chi connectivity index (χ3v) is 0.410. The molecule has 4 nitrogen and oxygen atoms in total. The molecule has 0 aromatic heterocycles. The van der Waals surface area contributed by atoms with Crippen molar-refractivity contribution in [3.63, 3.8) is 0 Å². The third kappa shape index (κ3) is 5.84. The van der Waals surface area contributed by atoms with E-state index in [9.17, 15) is 0 Å². The molecule has 50 valence electrons. The Morgan fingerprint density at radius 2 is 2.12 bits per heavy atom. The summed E-state index contributed by atoms with van der Waals surface area (Å²) in [5.41, 5.74) is 2.29. The van der Waals surface area contributed by atoms with Crippen molar-refractivity contribution in [3.8, 4) is 0 Å². The van der Waals surface area contributed by atoms with Crippen molar-refractivity contribution < 1.29 is 15.1 Å². The Bertz CT molecular complexity index is 58.8. The highest BCUT2D eigenvalue weighted by Gasteiger charge is 2.13. The molecule has 0 radical (unpaired) electrons. The highest BCUT2D eigenvalue weighted by molar-refractivity contribution is 4.30. The maximum atomic E-state index is 8.42. The van der Waals surface area contributed by atoms with E-state index < -0.39 is 5.97 Å². The van der Waals surface area contributed by atoms with Gasteiger partial charge in [0.2, 0.25) is 0 Å². The Hall–Kier alpha value is -0.160. The summed E-state index contributed by atoms with van der Waals surface area (Å²) in [5, 5.41) is 16.8. The van der Waals surface area contributed by atoms with Crippen LogP contribution in [-0.2, 0) is 4.84 Å². The van der Waals surface area contributed by atoms with Gasteiger partial charge in [0, 0.05) is 13.5 Å². The molecule has 0 aliphatic carbocycles. The van der Waals surface area contributed by atoms with Crippen LogP contribution in [0, 0.1) is 0 Å². The number of hydroxylamine groups is 1. The fourth-order valence-electron chi connectivity index (χ4n) is 0.209. The molecular weight excluding hydrogens is 110 g/mol. The minimum absolute atomic E-state index is 0.538. The zero-order valence-corrected chi connectivity index (χ0v) is 5.01. The number of hydrogen-bond donors (Lipinski definition) is 3. The molecule has 0 rings (SSSR count). The van der Waals surface area contributed by atoms with E-state index >= 15 is 0 Å². The van der Waals surface area contributed by atoms with Crippen LogP contribution in [0.2, 0.25) is 0 Å². The summed E-state index contributed by atoms with van der Waals surface area (Å²) in [5.74, 6) is -2.06. The van der Waals surface area contributed by atoms with Gasteiger partial charge in [0.25, 0.3) is 5.97 Å². The van der Waals surface area contributed by atoms with Crippen LogP contribution < -0.4 is 5.48 Å². The molecule has 0 aliphatic rings. The molecule has 0 aromatic rings. The van der Waals surface area contributed by atoms with Gasteiger partial charge in [-0.25, -0.2) is 4.84 Å². The lowest BCUT2D eigenvalue weighted by Gasteiger charge is -2.14. The van der Waals surface area contributed by atoms with Gasteiger partial charge < -0.3 is 10.2 Å². The average molecular weight is 121 g/mol. The van der Waals surface area contributed by atoms with Gasteiger partial charge in [0.05, 0.1) is 0 Å². The number of hydrogen-bond acceptors (Lipinski definition) is 4. The molecule has 8 heavy (non-hydrogen) atoms. The van der Waals surface area contributed by atoms with E-state index in [-0.39, 0.29) is 0 Å². The van der Waals surface area contributed by atoms with Crippen molar-refractivity contribution in [2.24, 2.45) is 0 Å². The lowest BCUT2D eigenvalue weighted by Crippen LogP contribution is -2.34. The second-order valence-corrected chi connectivity index (χ2v) is 1.53. The lowest BCUT2D eigenvalue weighted by atomic mass is 10.7. The Morgan fingerprint density at radius 3 is 2.25 bits per heavy atom. The standard InChI is InChI=1S/C4H11NO3/c1-3-5-8-4(2,6)7/h5-7H,3H2,1-2H3. The van der Waals surface area contributed by atoms with Gasteiger partial charge in [0.15, 0.2) is 0 Å². The van der Waals surface area contributed by atoms with Gasteiger partial charge in [-0.3, -0.25) is 0 Å². The summed E-state index contributed by atoms with van der Waals surface area (Å²) in [7, 11) is 0. The summed E-state index contributed by atoms with van der Waals surface area (Å²) < 4.78 is 0. The van der Waals surface area contributed by atoms with Crippen molar-refractivity contribution in [1.82, 2.24) is 5.48 Å². The maximum absolute atomic E-state index is 8.42. The van der Waals surface area contributed by atoms with E-state index in [0.29, 0.717) is 6.54 Å². The van der Waals surface area contributed by atoms with E-state index in [1.165, 1.54) is 0 Å². The van der Waals surface area contributed by atoms with Crippen LogP contribution in [-0.4, -0.2) is 22.7 Å². The van der Waals surface area contributed by atoms with E-state index in [0.717, 1.165) is 6.92 Å². The van der Waals surface area contributed by atoms with Gasteiger partial charge in [-0.05, 0) is 0 Å². The monoisotopic (exact) mass is 121 g/mol. The summed E-state index contributed by atoms with van der Waals surface area (Å²) >= 11 is 0. The first-order valence-corrected chi connectivity index (χ1v) is 2.42. The van der Waals surface area contributed by atoms with Gasteiger partial charge in [-0.15, -0.1) is 0 Å². The Labute approximate surface area is 48.0 Å². The van der Waals surface area contributed by atoms with Gasteiger partial charge in [0.1, 0.15) is 0 Å². The predicted octanol–water partition coefficient (Wildman–Crippen LogP) is -0.814. The molecule has 0 saturated heterocycles. The fourth-order valence-corrected chi connectivity index (χ4v) is 0.209. The van der Waals surface area contributed by atoms with Gasteiger partial charge >= 0.3 is 0 Å². The topological polar surface area (TPSA) is 61.7 Å². The van der Waals surface area contributed by atoms with Crippen LogP contribution in [0.5, 0.6) is 0 Å². The molecule has 0 bridgehead atoms. The maximum Gasteiger partial charge on any atom is 0.291 e. The van der Waals surface area contributed by atoms with Crippen LogP contribution in [0.3, 0.4) is 0 Å². The molecule has 0 amide bonds. The summed E-state index contributed by atoms with van der Waals surface area (Å²) in [6.07, 6.45) is 0. The van der Waals surface area contributed by atoms with Crippen molar-refractivity contribution in [2.75, 3.05) is 6.54 Å². The van der Waals surface area contributed by atoms with Crippen LogP contribution in [0.15, 0.2) is 0 Å². The van der Waals surface area contributed by atoms with Crippen LogP contribution >= 0.6 is 0 Å². The quantitative estimate of drug-likeness (QED) is 0.337. The SMILES string of the molecule is CCNOC(C)(O)O.